The lowest BCUT2D eigenvalue weighted by atomic mass is 10.0. The molecule has 1 aromatic heterocycles. The summed E-state index contributed by atoms with van der Waals surface area (Å²) in [5, 5.41) is 12.2. The Morgan fingerprint density at radius 3 is 2.74 bits per heavy atom. The number of hydrogen-bond donors (Lipinski definition) is 1. The van der Waals surface area contributed by atoms with Gasteiger partial charge in [-0.1, -0.05) is 49.9 Å². The summed E-state index contributed by atoms with van der Waals surface area (Å²) in [6, 6.07) is 15.6. The van der Waals surface area contributed by atoms with Gasteiger partial charge in [-0.25, -0.2) is 0 Å². The van der Waals surface area contributed by atoms with Crippen molar-refractivity contribution in [2.75, 3.05) is 11.1 Å². The monoisotopic (exact) mass is 548 g/mol. The molecule has 3 rings (SSSR count). The molecule has 3 aromatic rings. The van der Waals surface area contributed by atoms with Gasteiger partial charge in [-0.05, 0) is 64.4 Å². The highest BCUT2D eigenvalue weighted by atomic mass is 127. The molecule has 162 valence electrons. The zero-order valence-corrected chi connectivity index (χ0v) is 20.5. The van der Waals surface area contributed by atoms with Crippen LogP contribution in [0.1, 0.15) is 31.2 Å². The molecule has 0 spiro atoms. The van der Waals surface area contributed by atoms with E-state index in [1.807, 2.05) is 47.0 Å². The first-order valence-electron chi connectivity index (χ1n) is 9.91. The van der Waals surface area contributed by atoms with Crippen LogP contribution in [0.15, 0.2) is 66.3 Å². The van der Waals surface area contributed by atoms with Crippen LogP contribution in [0.4, 0.5) is 5.69 Å². The molecule has 0 saturated carbocycles. The van der Waals surface area contributed by atoms with Crippen molar-refractivity contribution in [3.05, 3.63) is 76.1 Å². The molecule has 0 radical (unpaired) electrons. The van der Waals surface area contributed by atoms with Gasteiger partial charge in [-0.3, -0.25) is 9.36 Å². The molecular formula is C23H25IN4O2S. The predicted octanol–water partition coefficient (Wildman–Crippen LogP) is 5.50. The van der Waals surface area contributed by atoms with Crippen molar-refractivity contribution in [2.45, 2.75) is 38.1 Å². The van der Waals surface area contributed by atoms with Gasteiger partial charge in [0.25, 0.3) is 0 Å². The summed E-state index contributed by atoms with van der Waals surface area (Å²) in [5.74, 6) is 1.93. The highest BCUT2D eigenvalue weighted by Crippen LogP contribution is 2.27. The average molecular weight is 548 g/mol. The number of nitrogens with one attached hydrogen (secondary N) is 1. The second-order valence-electron chi connectivity index (χ2n) is 7.12. The SMILES string of the molecule is C=CCn1c(COc2ccccc2)nnc1SCC(=O)Nc1ccc(I)cc1C(C)C. The number of halogens is 1. The standard InChI is InChI=1S/C23H25IN4O2S/c1-4-12-28-21(14-30-18-8-6-5-7-9-18)26-27-23(28)31-15-22(29)25-20-11-10-17(24)13-19(20)16(2)3/h4-11,13,16H,1,12,14-15H2,2-3H3,(H,25,29). The average Bonchev–Trinajstić information content (AvgIpc) is 3.14. The maximum absolute atomic E-state index is 12.6. The zero-order chi connectivity index (χ0) is 22.2. The van der Waals surface area contributed by atoms with Crippen molar-refractivity contribution in [2.24, 2.45) is 0 Å². The number of thioether (sulfide) groups is 1. The van der Waals surface area contributed by atoms with E-state index in [2.05, 4.69) is 64.6 Å². The van der Waals surface area contributed by atoms with E-state index in [-0.39, 0.29) is 18.3 Å². The molecule has 31 heavy (non-hydrogen) atoms. The van der Waals surface area contributed by atoms with Crippen LogP contribution in [0.2, 0.25) is 0 Å². The smallest absolute Gasteiger partial charge is 0.234 e. The van der Waals surface area contributed by atoms with Crippen LogP contribution in [0.3, 0.4) is 0 Å². The Balaban J connectivity index is 1.64. The second kappa shape index (κ2) is 11.3. The Bertz CT molecular complexity index is 1040. The fourth-order valence-corrected chi connectivity index (χ4v) is 4.23. The summed E-state index contributed by atoms with van der Waals surface area (Å²) in [5.41, 5.74) is 1.98. The fraction of sp³-hybridized carbons (Fsp3) is 0.261. The first kappa shape index (κ1) is 23.3. The molecule has 8 heteroatoms. The zero-order valence-electron chi connectivity index (χ0n) is 17.5. The topological polar surface area (TPSA) is 69.0 Å². The first-order valence-corrected chi connectivity index (χ1v) is 12.0. The Hall–Kier alpha value is -2.33. The number of allylic oxidation sites excluding steroid dienone is 1. The van der Waals surface area contributed by atoms with E-state index in [4.69, 9.17) is 4.74 Å². The fourth-order valence-electron chi connectivity index (χ4n) is 2.95. The number of anilines is 1. The van der Waals surface area contributed by atoms with E-state index in [1.54, 1.807) is 6.08 Å². The number of hydrogen-bond acceptors (Lipinski definition) is 5. The van der Waals surface area contributed by atoms with Gasteiger partial charge in [0.2, 0.25) is 5.91 Å². The molecule has 2 aromatic carbocycles. The van der Waals surface area contributed by atoms with Gasteiger partial charge in [-0.2, -0.15) is 0 Å². The van der Waals surface area contributed by atoms with Crippen molar-refractivity contribution in [3.8, 4) is 5.75 Å². The van der Waals surface area contributed by atoms with Crippen LogP contribution < -0.4 is 10.1 Å². The molecule has 1 amide bonds. The van der Waals surface area contributed by atoms with Gasteiger partial charge in [0.05, 0.1) is 5.75 Å². The summed E-state index contributed by atoms with van der Waals surface area (Å²) in [6.07, 6.45) is 1.78. The van der Waals surface area contributed by atoms with Gasteiger partial charge < -0.3 is 10.1 Å². The molecule has 6 nitrogen and oxygen atoms in total. The number of amides is 1. The number of ether oxygens (including phenoxy) is 1. The van der Waals surface area contributed by atoms with Crippen LogP contribution in [0, 0.1) is 3.57 Å². The summed E-state index contributed by atoms with van der Waals surface area (Å²) in [4.78, 5) is 12.6. The third-order valence-corrected chi connectivity index (χ3v) is 6.10. The molecule has 0 bridgehead atoms. The molecule has 1 N–H and O–H groups in total. The quantitative estimate of drug-likeness (QED) is 0.206. The van der Waals surface area contributed by atoms with E-state index in [1.165, 1.54) is 11.8 Å². The first-order chi connectivity index (χ1) is 15.0. The third kappa shape index (κ3) is 6.57. The van der Waals surface area contributed by atoms with Crippen molar-refractivity contribution >= 4 is 45.9 Å². The lowest BCUT2D eigenvalue weighted by Gasteiger charge is -2.14. The molecule has 0 aliphatic heterocycles. The number of para-hydroxylation sites is 1. The number of aromatic nitrogens is 3. The van der Waals surface area contributed by atoms with Crippen molar-refractivity contribution < 1.29 is 9.53 Å². The molecule has 0 saturated heterocycles. The lowest BCUT2D eigenvalue weighted by Crippen LogP contribution is -2.16. The van der Waals surface area contributed by atoms with Crippen molar-refractivity contribution in [3.63, 3.8) is 0 Å². The van der Waals surface area contributed by atoms with Gasteiger partial charge in [0.1, 0.15) is 12.4 Å². The van der Waals surface area contributed by atoms with E-state index in [0.29, 0.717) is 23.4 Å². The molecule has 0 aliphatic carbocycles. The summed E-state index contributed by atoms with van der Waals surface area (Å²) in [7, 11) is 0. The van der Waals surface area contributed by atoms with Gasteiger partial charge in [0, 0.05) is 15.8 Å². The normalized spacial score (nSPS) is 10.8. The Morgan fingerprint density at radius 1 is 1.26 bits per heavy atom. The number of nitrogens with zero attached hydrogens (tertiary/aromatic N) is 3. The molecule has 0 fully saturated rings. The second-order valence-corrected chi connectivity index (χ2v) is 9.31. The molecule has 0 unspecified atom stereocenters. The van der Waals surface area contributed by atoms with Gasteiger partial charge in [-0.15, -0.1) is 16.8 Å². The molecular weight excluding hydrogens is 523 g/mol. The van der Waals surface area contributed by atoms with Crippen LogP contribution in [0.25, 0.3) is 0 Å². The Morgan fingerprint density at radius 2 is 2.03 bits per heavy atom. The van der Waals surface area contributed by atoms with E-state index in [9.17, 15) is 4.79 Å². The van der Waals surface area contributed by atoms with Crippen molar-refractivity contribution in [1.82, 2.24) is 14.8 Å². The largest absolute Gasteiger partial charge is 0.486 e. The van der Waals surface area contributed by atoms with E-state index >= 15 is 0 Å². The lowest BCUT2D eigenvalue weighted by molar-refractivity contribution is -0.113. The van der Waals surface area contributed by atoms with Crippen LogP contribution in [-0.2, 0) is 17.9 Å². The van der Waals surface area contributed by atoms with Crippen LogP contribution >= 0.6 is 34.4 Å². The molecule has 1 heterocycles. The summed E-state index contributed by atoms with van der Waals surface area (Å²) in [6.45, 7) is 8.88. The van der Waals surface area contributed by atoms with E-state index < -0.39 is 0 Å². The summed E-state index contributed by atoms with van der Waals surface area (Å²) >= 11 is 3.63. The van der Waals surface area contributed by atoms with Crippen LogP contribution in [0.5, 0.6) is 5.75 Å². The highest BCUT2D eigenvalue weighted by Gasteiger charge is 2.15. The Kier molecular flexibility index (Phi) is 8.53. The summed E-state index contributed by atoms with van der Waals surface area (Å²) < 4.78 is 8.86. The number of rotatable bonds is 10. The van der Waals surface area contributed by atoms with Gasteiger partial charge >= 0.3 is 0 Å². The molecule has 0 aliphatic rings. The number of carbonyl (C=O) groups is 1. The minimum atomic E-state index is -0.0802. The Labute approximate surface area is 200 Å². The minimum Gasteiger partial charge on any atom is -0.486 e. The predicted molar refractivity (Wildman–Crippen MR) is 134 cm³/mol. The number of benzene rings is 2. The van der Waals surface area contributed by atoms with Crippen molar-refractivity contribution in [1.29, 1.82) is 0 Å². The third-order valence-electron chi connectivity index (χ3n) is 4.46. The maximum Gasteiger partial charge on any atom is 0.234 e. The maximum atomic E-state index is 12.6. The van der Waals surface area contributed by atoms with Gasteiger partial charge in [0.15, 0.2) is 11.0 Å². The van der Waals surface area contributed by atoms with Crippen LogP contribution in [-0.4, -0.2) is 26.4 Å². The highest BCUT2D eigenvalue weighted by molar-refractivity contribution is 14.1. The number of carbonyl (C=O) groups excluding carboxylic acids is 1. The van der Waals surface area contributed by atoms with E-state index in [0.717, 1.165) is 20.6 Å². The minimum absolute atomic E-state index is 0.0802. The molecule has 0 atom stereocenters.